The topological polar surface area (TPSA) is 62.7 Å². The van der Waals surface area contributed by atoms with Gasteiger partial charge >= 0.3 is 0 Å². The quantitative estimate of drug-likeness (QED) is 0.255. The zero-order valence-electron chi connectivity index (χ0n) is 18.5. The molecule has 0 saturated heterocycles. The number of nitrogens with one attached hydrogen (secondary N) is 2. The molecular formula is C25H26ClN5S2. The molecule has 2 heterocycles. The Morgan fingerprint density at radius 3 is 2.76 bits per heavy atom. The highest BCUT2D eigenvalue weighted by Gasteiger charge is 2.16. The summed E-state index contributed by atoms with van der Waals surface area (Å²) in [6.45, 7) is 2.18. The molecule has 0 spiro atoms. The van der Waals surface area contributed by atoms with Crippen LogP contribution in [0.25, 0.3) is 21.3 Å². The van der Waals surface area contributed by atoms with E-state index in [1.54, 1.807) is 11.3 Å². The van der Waals surface area contributed by atoms with Crippen LogP contribution in [0.2, 0.25) is 5.02 Å². The largest absolute Gasteiger partial charge is 0.351 e. The van der Waals surface area contributed by atoms with Gasteiger partial charge in [-0.25, -0.2) is 15.0 Å². The Hall–Kier alpha value is -2.35. The van der Waals surface area contributed by atoms with Crippen LogP contribution in [0.5, 0.6) is 0 Å². The molecular weight excluding hydrogens is 470 g/mol. The van der Waals surface area contributed by atoms with Crippen molar-refractivity contribution in [3.63, 3.8) is 0 Å². The molecule has 0 unspecified atom stereocenters. The summed E-state index contributed by atoms with van der Waals surface area (Å²) < 4.78 is 3.31. The first-order valence-electron chi connectivity index (χ1n) is 11.4. The molecule has 0 aliphatic heterocycles. The Balaban J connectivity index is 1.36. The van der Waals surface area contributed by atoms with E-state index in [0.29, 0.717) is 6.04 Å². The van der Waals surface area contributed by atoms with E-state index in [1.807, 2.05) is 36.7 Å². The molecule has 2 aromatic heterocycles. The highest BCUT2D eigenvalue weighted by molar-refractivity contribution is 8.00. The van der Waals surface area contributed by atoms with Crippen molar-refractivity contribution in [2.45, 2.75) is 56.4 Å². The van der Waals surface area contributed by atoms with Crippen LogP contribution in [0.15, 0.2) is 53.7 Å². The Morgan fingerprint density at radius 1 is 1.09 bits per heavy atom. The first kappa shape index (κ1) is 22.4. The second-order valence-corrected chi connectivity index (χ2v) is 10.5. The van der Waals surface area contributed by atoms with Crippen LogP contribution < -0.4 is 10.0 Å². The van der Waals surface area contributed by atoms with Crippen LogP contribution in [-0.4, -0.2) is 21.0 Å². The summed E-state index contributed by atoms with van der Waals surface area (Å²) >= 11 is 9.35. The Labute approximate surface area is 207 Å². The Bertz CT molecular complexity index is 1250. The number of anilines is 2. The Kier molecular flexibility index (Phi) is 6.99. The van der Waals surface area contributed by atoms with Crippen LogP contribution in [0.4, 0.5) is 11.1 Å². The average Bonchev–Trinajstić information content (AvgIpc) is 3.33. The normalized spacial score (nSPS) is 14.5. The number of benzene rings is 2. The van der Waals surface area contributed by atoms with Crippen molar-refractivity contribution in [3.8, 4) is 10.4 Å². The van der Waals surface area contributed by atoms with E-state index in [2.05, 4.69) is 39.1 Å². The van der Waals surface area contributed by atoms with Crippen molar-refractivity contribution in [2.24, 2.45) is 0 Å². The maximum absolute atomic E-state index is 6.25. The first-order valence-corrected chi connectivity index (χ1v) is 13.4. The summed E-state index contributed by atoms with van der Waals surface area (Å²) in [5, 5.41) is 6.19. The maximum atomic E-state index is 6.25. The van der Waals surface area contributed by atoms with Crippen molar-refractivity contribution in [2.75, 3.05) is 10.0 Å². The van der Waals surface area contributed by atoms with Crippen molar-refractivity contribution < 1.29 is 0 Å². The lowest BCUT2D eigenvalue weighted by molar-refractivity contribution is 0.461. The van der Waals surface area contributed by atoms with Gasteiger partial charge < -0.3 is 10.0 Å². The van der Waals surface area contributed by atoms with Gasteiger partial charge in [0.2, 0.25) is 5.95 Å². The highest BCUT2D eigenvalue weighted by atomic mass is 35.5. The highest BCUT2D eigenvalue weighted by Crippen LogP contribution is 2.35. The molecule has 0 bridgehead atoms. The average molecular weight is 496 g/mol. The number of rotatable bonds is 7. The molecule has 170 valence electrons. The minimum Gasteiger partial charge on any atom is -0.351 e. The molecule has 0 amide bonds. The standard InChI is InChI=1S/C25H26ClN5S2/c1-2-16-12-17(22-15-28-25(32-22)31-33-21-11-7-6-10-20(21)26)13-18-14-27-24(30-23(16)18)29-19-8-4-3-5-9-19/h6-7,10-15,19H,2-5,8-9H2,1H3,(H,28,31)(H,27,29,30). The summed E-state index contributed by atoms with van der Waals surface area (Å²) in [4.78, 5) is 16.2. The fourth-order valence-corrected chi connectivity index (χ4v) is 5.97. The van der Waals surface area contributed by atoms with E-state index in [9.17, 15) is 0 Å². The number of hydrogen-bond acceptors (Lipinski definition) is 7. The van der Waals surface area contributed by atoms with Crippen LogP contribution in [0, 0.1) is 0 Å². The van der Waals surface area contributed by atoms with Crippen molar-refractivity contribution >= 4 is 56.9 Å². The van der Waals surface area contributed by atoms with E-state index in [1.165, 1.54) is 49.6 Å². The minimum atomic E-state index is 0.493. The van der Waals surface area contributed by atoms with Crippen LogP contribution in [-0.2, 0) is 6.42 Å². The number of hydrogen-bond donors (Lipinski definition) is 2. The van der Waals surface area contributed by atoms with Gasteiger partial charge in [0.15, 0.2) is 5.13 Å². The fourth-order valence-electron chi connectivity index (χ4n) is 4.21. The number of aromatic nitrogens is 3. The van der Waals surface area contributed by atoms with Gasteiger partial charge in [0.1, 0.15) is 0 Å². The molecule has 0 atom stereocenters. The maximum Gasteiger partial charge on any atom is 0.223 e. The van der Waals surface area contributed by atoms with Crippen molar-refractivity contribution in [3.05, 3.63) is 59.4 Å². The van der Waals surface area contributed by atoms with Crippen molar-refractivity contribution in [1.82, 2.24) is 15.0 Å². The molecule has 1 fully saturated rings. The minimum absolute atomic E-state index is 0.493. The smallest absolute Gasteiger partial charge is 0.223 e. The van der Waals surface area contributed by atoms with Crippen LogP contribution in [0.1, 0.15) is 44.6 Å². The second-order valence-electron chi connectivity index (χ2n) is 8.26. The van der Waals surface area contributed by atoms with Crippen molar-refractivity contribution in [1.29, 1.82) is 0 Å². The molecule has 1 aliphatic rings. The zero-order valence-corrected chi connectivity index (χ0v) is 20.9. The van der Waals surface area contributed by atoms with Gasteiger partial charge in [-0.15, -0.1) is 0 Å². The number of fused-ring (bicyclic) bond motifs is 1. The molecule has 1 saturated carbocycles. The van der Waals surface area contributed by atoms with Gasteiger partial charge in [-0.1, -0.05) is 61.3 Å². The monoisotopic (exact) mass is 495 g/mol. The molecule has 2 aromatic carbocycles. The first-order chi connectivity index (χ1) is 16.2. The van der Waals surface area contributed by atoms with E-state index in [0.717, 1.165) is 48.8 Å². The number of halogens is 1. The second kappa shape index (κ2) is 10.3. The van der Waals surface area contributed by atoms with Gasteiger partial charge in [0.25, 0.3) is 0 Å². The van der Waals surface area contributed by atoms with Gasteiger partial charge in [-0.2, -0.15) is 0 Å². The van der Waals surface area contributed by atoms with Gasteiger partial charge in [-0.05, 0) is 66.6 Å². The summed E-state index contributed by atoms with van der Waals surface area (Å²) in [6, 6.07) is 12.7. The van der Waals surface area contributed by atoms with Gasteiger partial charge in [0, 0.05) is 28.7 Å². The van der Waals surface area contributed by atoms with Crippen LogP contribution in [0.3, 0.4) is 0 Å². The third kappa shape index (κ3) is 5.26. The molecule has 33 heavy (non-hydrogen) atoms. The predicted molar refractivity (Wildman–Crippen MR) is 141 cm³/mol. The molecule has 4 aromatic rings. The molecule has 8 heteroatoms. The lowest BCUT2D eigenvalue weighted by Gasteiger charge is -2.22. The zero-order chi connectivity index (χ0) is 22.6. The van der Waals surface area contributed by atoms with E-state index < -0.39 is 0 Å². The van der Waals surface area contributed by atoms with Gasteiger partial charge in [-0.3, -0.25) is 0 Å². The van der Waals surface area contributed by atoms with E-state index >= 15 is 0 Å². The number of nitrogens with zero attached hydrogens (tertiary/aromatic N) is 3. The SMILES string of the molecule is CCc1cc(-c2cnc(NSc3ccccc3Cl)s2)cc2cnc(NC3CCCCC3)nc12. The molecule has 2 N–H and O–H groups in total. The van der Waals surface area contributed by atoms with E-state index in [4.69, 9.17) is 16.6 Å². The fraction of sp³-hybridized carbons (Fsp3) is 0.320. The summed E-state index contributed by atoms with van der Waals surface area (Å²) in [5.74, 6) is 0.748. The van der Waals surface area contributed by atoms with Gasteiger partial charge in [0.05, 0.1) is 15.4 Å². The predicted octanol–water partition coefficient (Wildman–Crippen LogP) is 7.83. The molecule has 0 radical (unpaired) electrons. The third-order valence-electron chi connectivity index (χ3n) is 5.96. The number of aryl methyl sites for hydroxylation is 1. The third-order valence-corrected chi connectivity index (χ3v) is 8.36. The van der Waals surface area contributed by atoms with Crippen LogP contribution >= 0.6 is 34.9 Å². The Morgan fingerprint density at radius 2 is 1.94 bits per heavy atom. The summed E-state index contributed by atoms with van der Waals surface area (Å²) in [7, 11) is 0. The summed E-state index contributed by atoms with van der Waals surface area (Å²) in [6.07, 6.45) is 11.1. The summed E-state index contributed by atoms with van der Waals surface area (Å²) in [5.41, 5.74) is 3.40. The lowest BCUT2D eigenvalue weighted by atomic mass is 9.96. The lowest BCUT2D eigenvalue weighted by Crippen LogP contribution is -2.23. The molecule has 5 rings (SSSR count). The number of thiazole rings is 1. The molecule has 1 aliphatic carbocycles. The molecule has 5 nitrogen and oxygen atoms in total. The van der Waals surface area contributed by atoms with E-state index in [-0.39, 0.29) is 0 Å².